The molecule has 0 unspecified atom stereocenters. The van der Waals surface area contributed by atoms with Crippen LogP contribution in [0.4, 0.5) is 4.79 Å². The second-order valence-electron chi connectivity index (χ2n) is 4.52. The summed E-state index contributed by atoms with van der Waals surface area (Å²) in [7, 11) is 0. The van der Waals surface area contributed by atoms with Gasteiger partial charge in [-0.25, -0.2) is 4.79 Å². The van der Waals surface area contributed by atoms with E-state index in [2.05, 4.69) is 15.5 Å². The van der Waals surface area contributed by atoms with E-state index >= 15 is 0 Å². The van der Waals surface area contributed by atoms with Crippen molar-refractivity contribution in [3.63, 3.8) is 0 Å². The van der Waals surface area contributed by atoms with Gasteiger partial charge >= 0.3 is 6.09 Å². The highest BCUT2D eigenvalue weighted by molar-refractivity contribution is 7.98. The van der Waals surface area contributed by atoms with Crippen molar-refractivity contribution in [3.8, 4) is 11.4 Å². The van der Waals surface area contributed by atoms with Crippen molar-refractivity contribution in [1.82, 2.24) is 15.5 Å². The first kappa shape index (κ1) is 16.4. The Morgan fingerprint density at radius 1 is 1.41 bits per heavy atom. The van der Waals surface area contributed by atoms with Crippen LogP contribution in [-0.2, 0) is 4.74 Å². The predicted molar refractivity (Wildman–Crippen MR) is 85.6 cm³/mol. The number of carbonyl (C=O) groups excluding carboxylic acids is 1. The number of nitrogens with one attached hydrogen (secondary N) is 1. The molecule has 0 bridgehead atoms. The van der Waals surface area contributed by atoms with E-state index in [1.807, 2.05) is 36.6 Å². The molecule has 0 saturated heterocycles. The molecule has 1 atom stereocenters. The Labute approximate surface area is 133 Å². The first-order chi connectivity index (χ1) is 10.7. The summed E-state index contributed by atoms with van der Waals surface area (Å²) in [5.41, 5.74) is 0.872. The fourth-order valence-electron chi connectivity index (χ4n) is 1.89. The van der Waals surface area contributed by atoms with Gasteiger partial charge in [0, 0.05) is 5.56 Å². The molecule has 0 aliphatic heterocycles. The third kappa shape index (κ3) is 4.49. The molecular formula is C15H19N3O3S. The van der Waals surface area contributed by atoms with Crippen molar-refractivity contribution in [2.75, 3.05) is 18.6 Å². The highest BCUT2D eigenvalue weighted by atomic mass is 32.2. The molecule has 0 fully saturated rings. The lowest BCUT2D eigenvalue weighted by atomic mass is 10.2. The molecule has 0 radical (unpaired) electrons. The Balaban J connectivity index is 2.13. The molecule has 6 nitrogen and oxygen atoms in total. The molecule has 118 valence electrons. The lowest BCUT2D eigenvalue weighted by Crippen LogP contribution is -2.29. The zero-order valence-electron chi connectivity index (χ0n) is 12.6. The van der Waals surface area contributed by atoms with E-state index < -0.39 is 6.09 Å². The van der Waals surface area contributed by atoms with Gasteiger partial charge in [-0.3, -0.25) is 0 Å². The average Bonchev–Trinajstić information content (AvgIpc) is 3.02. The molecule has 0 saturated carbocycles. The van der Waals surface area contributed by atoms with Crippen LogP contribution in [0.1, 0.15) is 25.3 Å². The largest absolute Gasteiger partial charge is 0.450 e. The fourth-order valence-corrected chi connectivity index (χ4v) is 2.36. The van der Waals surface area contributed by atoms with E-state index in [1.165, 1.54) is 0 Å². The van der Waals surface area contributed by atoms with Gasteiger partial charge in [0.1, 0.15) is 6.04 Å². The SMILES string of the molecule is CCOC(=O)N[C@@H](CCSC)c1nc(-c2ccccc2)no1. The summed E-state index contributed by atoms with van der Waals surface area (Å²) in [6.45, 7) is 2.08. The first-order valence-corrected chi connectivity index (χ1v) is 8.45. The van der Waals surface area contributed by atoms with E-state index in [0.717, 1.165) is 11.3 Å². The van der Waals surface area contributed by atoms with Crippen LogP contribution in [0, 0.1) is 0 Å². The summed E-state index contributed by atoms with van der Waals surface area (Å²) >= 11 is 1.69. The van der Waals surface area contributed by atoms with E-state index in [-0.39, 0.29) is 6.04 Å². The van der Waals surface area contributed by atoms with Crippen LogP contribution in [-0.4, -0.2) is 34.8 Å². The number of hydrogen-bond acceptors (Lipinski definition) is 6. The van der Waals surface area contributed by atoms with Gasteiger partial charge in [-0.05, 0) is 25.4 Å². The third-order valence-electron chi connectivity index (χ3n) is 2.95. The van der Waals surface area contributed by atoms with Crippen molar-refractivity contribution in [2.24, 2.45) is 0 Å². The normalized spacial score (nSPS) is 11.9. The van der Waals surface area contributed by atoms with Gasteiger partial charge in [0.15, 0.2) is 0 Å². The van der Waals surface area contributed by atoms with Crippen LogP contribution in [0.2, 0.25) is 0 Å². The number of thioether (sulfide) groups is 1. The van der Waals surface area contributed by atoms with Crippen molar-refractivity contribution in [1.29, 1.82) is 0 Å². The zero-order chi connectivity index (χ0) is 15.8. The number of amides is 1. The topological polar surface area (TPSA) is 77.2 Å². The summed E-state index contributed by atoms with van der Waals surface area (Å²) in [5, 5.41) is 6.75. The number of hydrogen-bond donors (Lipinski definition) is 1. The Hall–Kier alpha value is -2.02. The number of aromatic nitrogens is 2. The van der Waals surface area contributed by atoms with Gasteiger partial charge < -0.3 is 14.6 Å². The molecule has 1 heterocycles. The summed E-state index contributed by atoms with van der Waals surface area (Å²) in [6, 6.07) is 9.21. The zero-order valence-corrected chi connectivity index (χ0v) is 13.4. The lowest BCUT2D eigenvalue weighted by Gasteiger charge is -2.13. The summed E-state index contributed by atoms with van der Waals surface area (Å²) < 4.78 is 10.2. The molecule has 0 aliphatic carbocycles. The predicted octanol–water partition coefficient (Wildman–Crippen LogP) is 3.28. The van der Waals surface area contributed by atoms with Gasteiger partial charge in [-0.1, -0.05) is 35.5 Å². The molecule has 2 rings (SSSR count). The molecule has 0 spiro atoms. The van der Waals surface area contributed by atoms with Crippen LogP contribution in [0.3, 0.4) is 0 Å². The molecule has 22 heavy (non-hydrogen) atoms. The number of carbonyl (C=O) groups is 1. The number of ether oxygens (including phenoxy) is 1. The second-order valence-corrected chi connectivity index (χ2v) is 5.51. The number of rotatable bonds is 7. The number of nitrogens with zero attached hydrogens (tertiary/aromatic N) is 2. The Bertz CT molecular complexity index is 589. The average molecular weight is 321 g/mol. The molecule has 0 aliphatic rings. The van der Waals surface area contributed by atoms with Crippen LogP contribution < -0.4 is 5.32 Å². The quantitative estimate of drug-likeness (QED) is 0.843. The van der Waals surface area contributed by atoms with Gasteiger partial charge in [0.05, 0.1) is 6.61 Å². The highest BCUT2D eigenvalue weighted by Gasteiger charge is 2.21. The van der Waals surface area contributed by atoms with Crippen LogP contribution >= 0.6 is 11.8 Å². The first-order valence-electron chi connectivity index (χ1n) is 7.05. The molecule has 7 heteroatoms. The highest BCUT2D eigenvalue weighted by Crippen LogP contribution is 2.21. The monoisotopic (exact) mass is 321 g/mol. The van der Waals surface area contributed by atoms with Crippen LogP contribution in [0.5, 0.6) is 0 Å². The van der Waals surface area contributed by atoms with Crippen LogP contribution in [0.25, 0.3) is 11.4 Å². The maximum Gasteiger partial charge on any atom is 0.407 e. The summed E-state index contributed by atoms with van der Waals surface area (Å²) in [6.07, 6.45) is 2.22. The summed E-state index contributed by atoms with van der Waals surface area (Å²) in [5.74, 6) is 1.76. The van der Waals surface area contributed by atoms with E-state index in [1.54, 1.807) is 18.7 Å². The standard InChI is InChI=1S/C15H19N3O3S/c1-3-20-15(19)16-12(9-10-22-2)14-17-13(18-21-14)11-7-5-4-6-8-11/h4-8,12H,3,9-10H2,1-2H3,(H,16,19)/t12-/m0/s1. The van der Waals surface area contributed by atoms with E-state index in [0.29, 0.717) is 24.7 Å². The smallest absolute Gasteiger partial charge is 0.407 e. The summed E-state index contributed by atoms with van der Waals surface area (Å²) in [4.78, 5) is 16.0. The fraction of sp³-hybridized carbons (Fsp3) is 0.400. The maximum absolute atomic E-state index is 11.6. The Morgan fingerprint density at radius 2 is 2.18 bits per heavy atom. The maximum atomic E-state index is 11.6. The molecule has 1 N–H and O–H groups in total. The van der Waals surface area contributed by atoms with Crippen molar-refractivity contribution >= 4 is 17.9 Å². The molecule has 1 aromatic carbocycles. The number of benzene rings is 1. The molecule has 1 amide bonds. The lowest BCUT2D eigenvalue weighted by molar-refractivity contribution is 0.145. The van der Waals surface area contributed by atoms with E-state index in [4.69, 9.17) is 9.26 Å². The van der Waals surface area contributed by atoms with Gasteiger partial charge in [-0.2, -0.15) is 16.7 Å². The number of alkyl carbamates (subject to hydrolysis) is 1. The minimum absolute atomic E-state index is 0.320. The van der Waals surface area contributed by atoms with Crippen molar-refractivity contribution in [2.45, 2.75) is 19.4 Å². The second kappa shape index (κ2) is 8.43. The molecule has 2 aromatic rings. The Kier molecular flexibility index (Phi) is 6.27. The third-order valence-corrected chi connectivity index (χ3v) is 3.59. The van der Waals surface area contributed by atoms with Gasteiger partial charge in [-0.15, -0.1) is 0 Å². The van der Waals surface area contributed by atoms with E-state index in [9.17, 15) is 4.79 Å². The van der Waals surface area contributed by atoms with Crippen LogP contribution in [0.15, 0.2) is 34.9 Å². The molecule has 1 aromatic heterocycles. The van der Waals surface area contributed by atoms with Gasteiger partial charge in [0.25, 0.3) is 0 Å². The van der Waals surface area contributed by atoms with Gasteiger partial charge in [0.2, 0.25) is 11.7 Å². The minimum atomic E-state index is -0.479. The Morgan fingerprint density at radius 3 is 2.86 bits per heavy atom. The molecular weight excluding hydrogens is 302 g/mol. The minimum Gasteiger partial charge on any atom is -0.450 e. The van der Waals surface area contributed by atoms with Crippen molar-refractivity contribution in [3.05, 3.63) is 36.2 Å². The van der Waals surface area contributed by atoms with Crippen molar-refractivity contribution < 1.29 is 14.1 Å².